The number of carbonyl (C=O) groups is 1. The first-order chi connectivity index (χ1) is 6.56. The van der Waals surface area contributed by atoms with E-state index in [-0.39, 0.29) is 12.5 Å². The van der Waals surface area contributed by atoms with Crippen LogP contribution in [0.1, 0.15) is 0 Å². The minimum Gasteiger partial charge on any atom is -0.394 e. The van der Waals surface area contributed by atoms with Crippen molar-refractivity contribution in [2.45, 2.75) is 6.04 Å². The van der Waals surface area contributed by atoms with Gasteiger partial charge in [-0.2, -0.15) is 0 Å². The molecule has 14 heavy (non-hydrogen) atoms. The van der Waals surface area contributed by atoms with Gasteiger partial charge in [-0.1, -0.05) is 0 Å². The summed E-state index contributed by atoms with van der Waals surface area (Å²) in [5, 5.41) is 9.52. The lowest BCUT2D eigenvalue weighted by Crippen LogP contribution is -2.43. The van der Waals surface area contributed by atoms with Crippen LogP contribution in [0.5, 0.6) is 0 Å². The van der Waals surface area contributed by atoms with Gasteiger partial charge >= 0.3 is 0 Å². The first-order valence-corrected chi connectivity index (χ1v) is 5.56. The zero-order chi connectivity index (χ0) is 10.7. The van der Waals surface area contributed by atoms with Crippen molar-refractivity contribution in [3.63, 3.8) is 0 Å². The molecule has 1 atom stereocenters. The Morgan fingerprint density at radius 1 is 1.79 bits per heavy atom. The van der Waals surface area contributed by atoms with Crippen molar-refractivity contribution in [2.75, 3.05) is 18.6 Å². The molecule has 0 aliphatic heterocycles. The molecule has 1 aromatic rings. The molecule has 1 amide bonds. The summed E-state index contributed by atoms with van der Waals surface area (Å²) in [7, 11) is 1.64. The van der Waals surface area contributed by atoms with Crippen LogP contribution in [0.15, 0.2) is 15.9 Å². The molecule has 1 heterocycles. The number of aliphatic hydroxyl groups is 1. The Morgan fingerprint density at radius 3 is 2.86 bits per heavy atom. The number of anilines is 1. The molecule has 0 fully saturated rings. The zero-order valence-corrected chi connectivity index (χ0v) is 10.0. The lowest BCUT2D eigenvalue weighted by atomic mass is 10.3. The minimum absolute atomic E-state index is 0.290. The molecule has 0 saturated heterocycles. The number of aliphatic hydroxyl groups excluding tert-OH is 1. The maximum absolute atomic E-state index is 11.5. The second-order valence-corrected chi connectivity index (χ2v) is 5.21. The van der Waals surface area contributed by atoms with Gasteiger partial charge in [0.1, 0.15) is 6.04 Å². The van der Waals surface area contributed by atoms with Gasteiger partial charge in [0.25, 0.3) is 0 Å². The van der Waals surface area contributed by atoms with Crippen molar-refractivity contribution in [1.82, 2.24) is 0 Å². The van der Waals surface area contributed by atoms with E-state index in [2.05, 4.69) is 15.9 Å². The standard InChI is InChI=1S/C8H11BrN2O2S/c1-11(8(13)5(10)4-12)7-3-2-6(9)14-7/h2-3,5,12H,4,10H2,1H3. The highest BCUT2D eigenvalue weighted by Crippen LogP contribution is 2.29. The number of likely N-dealkylation sites (N-methyl/N-ethyl adjacent to an activating group) is 1. The molecule has 3 N–H and O–H groups in total. The molecule has 6 heteroatoms. The number of rotatable bonds is 3. The van der Waals surface area contributed by atoms with Gasteiger partial charge in [0, 0.05) is 7.05 Å². The highest BCUT2D eigenvalue weighted by atomic mass is 79.9. The molecular weight excluding hydrogens is 268 g/mol. The molecule has 1 unspecified atom stereocenters. The van der Waals surface area contributed by atoms with Gasteiger partial charge in [-0.15, -0.1) is 11.3 Å². The van der Waals surface area contributed by atoms with Crippen LogP contribution in [-0.2, 0) is 4.79 Å². The van der Waals surface area contributed by atoms with E-state index in [1.165, 1.54) is 16.2 Å². The van der Waals surface area contributed by atoms with Crippen molar-refractivity contribution in [1.29, 1.82) is 0 Å². The Labute approximate surface area is 94.5 Å². The van der Waals surface area contributed by atoms with Crippen molar-refractivity contribution >= 4 is 38.2 Å². The van der Waals surface area contributed by atoms with E-state index in [1.807, 2.05) is 12.1 Å². The van der Waals surface area contributed by atoms with Crippen LogP contribution in [-0.4, -0.2) is 30.7 Å². The van der Waals surface area contributed by atoms with Gasteiger partial charge in [0.15, 0.2) is 0 Å². The first kappa shape index (κ1) is 11.6. The summed E-state index contributed by atoms with van der Waals surface area (Å²) in [6, 6.07) is 2.83. The Hall–Kier alpha value is -0.430. The Bertz CT molecular complexity index is 329. The number of halogens is 1. The smallest absolute Gasteiger partial charge is 0.246 e. The average molecular weight is 279 g/mol. The Balaban J connectivity index is 2.75. The third-order valence-electron chi connectivity index (χ3n) is 1.73. The molecule has 0 radical (unpaired) electrons. The number of amides is 1. The highest BCUT2D eigenvalue weighted by Gasteiger charge is 2.19. The van der Waals surface area contributed by atoms with Gasteiger partial charge in [-0.25, -0.2) is 0 Å². The van der Waals surface area contributed by atoms with E-state index in [4.69, 9.17) is 10.8 Å². The summed E-state index contributed by atoms with van der Waals surface area (Å²) in [5.74, 6) is -0.290. The van der Waals surface area contributed by atoms with Gasteiger partial charge in [-0.3, -0.25) is 4.79 Å². The van der Waals surface area contributed by atoms with Gasteiger partial charge in [0.05, 0.1) is 15.4 Å². The molecular formula is C8H11BrN2O2S. The lowest BCUT2D eigenvalue weighted by molar-refractivity contribution is -0.120. The van der Waals surface area contributed by atoms with Gasteiger partial charge in [-0.05, 0) is 28.1 Å². The first-order valence-electron chi connectivity index (χ1n) is 3.95. The van der Waals surface area contributed by atoms with Crippen molar-refractivity contribution < 1.29 is 9.90 Å². The van der Waals surface area contributed by atoms with Crippen LogP contribution in [0.25, 0.3) is 0 Å². The zero-order valence-electron chi connectivity index (χ0n) is 7.61. The van der Waals surface area contributed by atoms with E-state index in [0.29, 0.717) is 0 Å². The molecule has 0 bridgehead atoms. The predicted molar refractivity (Wildman–Crippen MR) is 60.5 cm³/mol. The van der Waals surface area contributed by atoms with E-state index in [9.17, 15) is 4.79 Å². The number of nitrogens with two attached hydrogens (primary N) is 1. The molecule has 0 aliphatic rings. The van der Waals surface area contributed by atoms with Crippen LogP contribution >= 0.6 is 27.3 Å². The normalized spacial score (nSPS) is 12.6. The summed E-state index contributed by atoms with van der Waals surface area (Å²) in [5.41, 5.74) is 5.41. The van der Waals surface area contributed by atoms with Crippen molar-refractivity contribution in [3.05, 3.63) is 15.9 Å². The minimum atomic E-state index is -0.846. The van der Waals surface area contributed by atoms with E-state index in [0.717, 1.165) is 8.79 Å². The molecule has 0 spiro atoms. The average Bonchev–Trinajstić information content (AvgIpc) is 2.61. The summed E-state index contributed by atoms with van der Waals surface area (Å²) >= 11 is 4.74. The van der Waals surface area contributed by atoms with Gasteiger partial charge < -0.3 is 15.7 Å². The molecule has 1 rings (SSSR count). The quantitative estimate of drug-likeness (QED) is 0.859. The molecule has 0 aromatic carbocycles. The Morgan fingerprint density at radius 2 is 2.43 bits per heavy atom. The number of hydrogen-bond acceptors (Lipinski definition) is 4. The summed E-state index contributed by atoms with van der Waals surface area (Å²) in [6.45, 7) is -0.338. The lowest BCUT2D eigenvalue weighted by Gasteiger charge is -2.18. The van der Waals surface area contributed by atoms with Crippen molar-refractivity contribution in [3.8, 4) is 0 Å². The fraction of sp³-hybridized carbons (Fsp3) is 0.375. The third-order valence-corrected chi connectivity index (χ3v) is 3.43. The maximum atomic E-state index is 11.5. The van der Waals surface area contributed by atoms with Crippen molar-refractivity contribution in [2.24, 2.45) is 5.73 Å². The monoisotopic (exact) mass is 278 g/mol. The second kappa shape index (κ2) is 4.88. The molecule has 0 saturated carbocycles. The molecule has 1 aromatic heterocycles. The Kier molecular flexibility index (Phi) is 4.06. The second-order valence-electron chi connectivity index (χ2n) is 2.76. The molecule has 78 valence electrons. The topological polar surface area (TPSA) is 66.6 Å². The number of carbonyl (C=O) groups excluding carboxylic acids is 1. The predicted octanol–water partition coefficient (Wildman–Crippen LogP) is 0.793. The van der Waals surface area contributed by atoms with E-state index in [1.54, 1.807) is 7.05 Å². The number of nitrogens with zero attached hydrogens (tertiary/aromatic N) is 1. The fourth-order valence-electron chi connectivity index (χ4n) is 0.920. The van der Waals surface area contributed by atoms with Crippen LogP contribution in [0.4, 0.5) is 5.00 Å². The van der Waals surface area contributed by atoms with Crippen LogP contribution < -0.4 is 10.6 Å². The number of hydrogen-bond donors (Lipinski definition) is 2. The highest BCUT2D eigenvalue weighted by molar-refractivity contribution is 9.11. The van der Waals surface area contributed by atoms with E-state index >= 15 is 0 Å². The fourth-order valence-corrected chi connectivity index (χ4v) is 2.25. The van der Waals surface area contributed by atoms with Crippen LogP contribution in [0.3, 0.4) is 0 Å². The largest absolute Gasteiger partial charge is 0.394 e. The van der Waals surface area contributed by atoms with Gasteiger partial charge in [0.2, 0.25) is 5.91 Å². The summed E-state index contributed by atoms with van der Waals surface area (Å²) in [6.07, 6.45) is 0. The van der Waals surface area contributed by atoms with E-state index < -0.39 is 6.04 Å². The summed E-state index contributed by atoms with van der Waals surface area (Å²) < 4.78 is 0.949. The van der Waals surface area contributed by atoms with Crippen LogP contribution in [0, 0.1) is 0 Å². The third kappa shape index (κ3) is 2.54. The molecule has 0 aliphatic carbocycles. The SMILES string of the molecule is CN(C(=O)C(N)CO)c1ccc(Br)s1. The summed E-state index contributed by atoms with van der Waals surface area (Å²) in [4.78, 5) is 13.0. The number of thiophene rings is 1. The van der Waals surface area contributed by atoms with Crippen LogP contribution in [0.2, 0.25) is 0 Å². The molecule has 4 nitrogen and oxygen atoms in total. The maximum Gasteiger partial charge on any atom is 0.246 e.